The Morgan fingerprint density at radius 1 is 1.18 bits per heavy atom. The van der Waals surface area contributed by atoms with Gasteiger partial charge in [0.25, 0.3) is 0 Å². The first kappa shape index (κ1) is 10.7. The molecule has 1 N–H and O–H groups in total. The van der Waals surface area contributed by atoms with Crippen molar-refractivity contribution in [3.8, 4) is 0 Å². The molecular weight excluding hydrogens is 136 g/mol. The van der Waals surface area contributed by atoms with Crippen LogP contribution in [0.5, 0.6) is 0 Å². The number of allylic oxidation sites excluding steroid dienone is 1. The SMILES string of the molecule is CCC(C)C(C)/C=C/C(C)O. The molecule has 0 aliphatic rings. The highest BCUT2D eigenvalue weighted by Crippen LogP contribution is 2.15. The molecule has 66 valence electrons. The summed E-state index contributed by atoms with van der Waals surface area (Å²) < 4.78 is 0. The van der Waals surface area contributed by atoms with Gasteiger partial charge in [-0.2, -0.15) is 0 Å². The summed E-state index contributed by atoms with van der Waals surface area (Å²) in [6, 6.07) is 0. The Balaban J connectivity index is 3.75. The van der Waals surface area contributed by atoms with Crippen LogP contribution >= 0.6 is 0 Å². The zero-order valence-corrected chi connectivity index (χ0v) is 8.04. The molecule has 0 saturated carbocycles. The van der Waals surface area contributed by atoms with Crippen molar-refractivity contribution in [1.29, 1.82) is 0 Å². The third-order valence-corrected chi connectivity index (χ3v) is 2.23. The van der Waals surface area contributed by atoms with Gasteiger partial charge in [0.05, 0.1) is 6.10 Å². The molecule has 0 aromatic rings. The van der Waals surface area contributed by atoms with Crippen LogP contribution in [0.4, 0.5) is 0 Å². The first-order chi connectivity index (χ1) is 5.07. The number of aliphatic hydroxyl groups is 1. The van der Waals surface area contributed by atoms with E-state index in [2.05, 4.69) is 26.8 Å². The Morgan fingerprint density at radius 3 is 2.09 bits per heavy atom. The van der Waals surface area contributed by atoms with E-state index in [0.29, 0.717) is 11.8 Å². The maximum atomic E-state index is 8.97. The molecule has 1 heteroatoms. The Bertz CT molecular complexity index is 116. The Hall–Kier alpha value is -0.300. The van der Waals surface area contributed by atoms with Crippen molar-refractivity contribution in [2.75, 3.05) is 0 Å². The van der Waals surface area contributed by atoms with E-state index in [-0.39, 0.29) is 6.10 Å². The summed E-state index contributed by atoms with van der Waals surface area (Å²) in [4.78, 5) is 0. The van der Waals surface area contributed by atoms with Crippen LogP contribution in [0.1, 0.15) is 34.1 Å². The van der Waals surface area contributed by atoms with E-state index in [1.54, 1.807) is 6.92 Å². The molecule has 0 spiro atoms. The van der Waals surface area contributed by atoms with E-state index in [0.717, 1.165) is 0 Å². The number of rotatable bonds is 4. The Labute approximate surface area is 70.1 Å². The van der Waals surface area contributed by atoms with Crippen LogP contribution in [-0.2, 0) is 0 Å². The van der Waals surface area contributed by atoms with Gasteiger partial charge in [-0.25, -0.2) is 0 Å². The second-order valence-corrected chi connectivity index (χ2v) is 3.37. The Morgan fingerprint density at radius 2 is 1.73 bits per heavy atom. The molecule has 0 aromatic heterocycles. The van der Waals surface area contributed by atoms with Gasteiger partial charge >= 0.3 is 0 Å². The quantitative estimate of drug-likeness (QED) is 0.620. The van der Waals surface area contributed by atoms with Crippen molar-refractivity contribution in [3.05, 3.63) is 12.2 Å². The van der Waals surface area contributed by atoms with Crippen LogP contribution in [0.2, 0.25) is 0 Å². The largest absolute Gasteiger partial charge is 0.389 e. The van der Waals surface area contributed by atoms with Crippen LogP contribution in [0, 0.1) is 11.8 Å². The molecule has 0 bridgehead atoms. The fourth-order valence-electron chi connectivity index (χ4n) is 0.898. The third kappa shape index (κ3) is 5.02. The van der Waals surface area contributed by atoms with Gasteiger partial charge in [-0.05, 0) is 18.8 Å². The van der Waals surface area contributed by atoms with Crippen LogP contribution in [0.3, 0.4) is 0 Å². The molecule has 0 amide bonds. The molecule has 11 heavy (non-hydrogen) atoms. The number of hydrogen-bond donors (Lipinski definition) is 1. The highest BCUT2D eigenvalue weighted by atomic mass is 16.3. The van der Waals surface area contributed by atoms with E-state index in [4.69, 9.17) is 5.11 Å². The van der Waals surface area contributed by atoms with Crippen LogP contribution < -0.4 is 0 Å². The Kier molecular flexibility index (Phi) is 5.22. The molecule has 1 nitrogen and oxygen atoms in total. The summed E-state index contributed by atoms with van der Waals surface area (Å²) in [5.74, 6) is 1.29. The minimum absolute atomic E-state index is 0.304. The van der Waals surface area contributed by atoms with E-state index < -0.39 is 0 Å². The molecule has 0 rings (SSSR count). The maximum absolute atomic E-state index is 8.97. The second-order valence-electron chi connectivity index (χ2n) is 3.37. The summed E-state index contributed by atoms with van der Waals surface area (Å²) in [7, 11) is 0. The van der Waals surface area contributed by atoms with Gasteiger partial charge in [-0.15, -0.1) is 0 Å². The lowest BCUT2D eigenvalue weighted by Gasteiger charge is -2.13. The van der Waals surface area contributed by atoms with Crippen molar-refractivity contribution in [3.63, 3.8) is 0 Å². The van der Waals surface area contributed by atoms with Gasteiger partial charge in [0.1, 0.15) is 0 Å². The predicted molar refractivity (Wildman–Crippen MR) is 49.4 cm³/mol. The van der Waals surface area contributed by atoms with Gasteiger partial charge in [-0.3, -0.25) is 0 Å². The van der Waals surface area contributed by atoms with E-state index in [9.17, 15) is 0 Å². The number of aliphatic hydroxyl groups excluding tert-OH is 1. The van der Waals surface area contributed by atoms with Gasteiger partial charge < -0.3 is 5.11 Å². The standard InChI is InChI=1S/C10H20O/c1-5-8(2)9(3)6-7-10(4)11/h6-11H,5H2,1-4H3/b7-6+. The predicted octanol–water partition coefficient (Wildman–Crippen LogP) is 2.61. The molecule has 3 unspecified atom stereocenters. The molecule has 0 heterocycles. The smallest absolute Gasteiger partial charge is 0.0692 e. The minimum atomic E-state index is -0.304. The average Bonchev–Trinajstić information content (AvgIpc) is 1.98. The van der Waals surface area contributed by atoms with Crippen LogP contribution in [0.25, 0.3) is 0 Å². The van der Waals surface area contributed by atoms with Gasteiger partial charge in [0, 0.05) is 0 Å². The van der Waals surface area contributed by atoms with E-state index in [1.165, 1.54) is 6.42 Å². The first-order valence-corrected chi connectivity index (χ1v) is 4.44. The van der Waals surface area contributed by atoms with Crippen molar-refractivity contribution in [2.45, 2.75) is 40.2 Å². The fourth-order valence-corrected chi connectivity index (χ4v) is 0.898. The lowest BCUT2D eigenvalue weighted by atomic mass is 9.93. The lowest BCUT2D eigenvalue weighted by Crippen LogP contribution is -2.04. The fraction of sp³-hybridized carbons (Fsp3) is 0.800. The molecule has 3 atom stereocenters. The minimum Gasteiger partial charge on any atom is -0.389 e. The summed E-state index contributed by atoms with van der Waals surface area (Å²) >= 11 is 0. The van der Waals surface area contributed by atoms with E-state index >= 15 is 0 Å². The third-order valence-electron chi connectivity index (χ3n) is 2.23. The maximum Gasteiger partial charge on any atom is 0.0692 e. The van der Waals surface area contributed by atoms with Crippen LogP contribution in [0.15, 0.2) is 12.2 Å². The van der Waals surface area contributed by atoms with Gasteiger partial charge in [0.15, 0.2) is 0 Å². The number of hydrogen-bond acceptors (Lipinski definition) is 1. The molecule has 0 aliphatic carbocycles. The van der Waals surface area contributed by atoms with E-state index in [1.807, 2.05) is 6.08 Å². The molecule has 0 saturated heterocycles. The zero-order chi connectivity index (χ0) is 8.85. The van der Waals surface area contributed by atoms with Crippen molar-refractivity contribution >= 4 is 0 Å². The summed E-state index contributed by atoms with van der Waals surface area (Å²) in [5.41, 5.74) is 0. The van der Waals surface area contributed by atoms with Crippen LogP contribution in [-0.4, -0.2) is 11.2 Å². The van der Waals surface area contributed by atoms with Gasteiger partial charge in [0.2, 0.25) is 0 Å². The molecule has 0 fully saturated rings. The highest BCUT2D eigenvalue weighted by Gasteiger charge is 2.05. The summed E-state index contributed by atoms with van der Waals surface area (Å²) in [6.45, 7) is 8.39. The second kappa shape index (κ2) is 5.36. The normalized spacial score (nSPS) is 20.1. The highest BCUT2D eigenvalue weighted by molar-refractivity contribution is 4.91. The summed E-state index contributed by atoms with van der Waals surface area (Å²) in [5, 5.41) is 8.97. The average molecular weight is 156 g/mol. The first-order valence-electron chi connectivity index (χ1n) is 4.44. The van der Waals surface area contributed by atoms with Crippen molar-refractivity contribution in [1.82, 2.24) is 0 Å². The van der Waals surface area contributed by atoms with Crippen molar-refractivity contribution in [2.24, 2.45) is 11.8 Å². The lowest BCUT2D eigenvalue weighted by molar-refractivity contribution is 0.242. The van der Waals surface area contributed by atoms with Gasteiger partial charge in [-0.1, -0.05) is 39.3 Å². The summed E-state index contributed by atoms with van der Waals surface area (Å²) in [6.07, 6.45) is 4.85. The molecule has 0 aliphatic heterocycles. The molecular formula is C10H20O. The topological polar surface area (TPSA) is 20.2 Å². The molecule has 0 aromatic carbocycles. The van der Waals surface area contributed by atoms with Crippen molar-refractivity contribution < 1.29 is 5.11 Å². The monoisotopic (exact) mass is 156 g/mol. The molecule has 0 radical (unpaired) electrons. The zero-order valence-electron chi connectivity index (χ0n) is 8.04.